The Balaban J connectivity index is 1.65. The lowest BCUT2D eigenvalue weighted by Gasteiger charge is -2.16. The summed E-state index contributed by atoms with van der Waals surface area (Å²) in [5.41, 5.74) is 1.00. The van der Waals surface area contributed by atoms with Gasteiger partial charge < -0.3 is 19.9 Å². The molecule has 2 aromatic carbocycles. The van der Waals surface area contributed by atoms with Crippen LogP contribution in [0.25, 0.3) is 0 Å². The smallest absolute Gasteiger partial charge is 0.255 e. The molecule has 10 heteroatoms. The van der Waals surface area contributed by atoms with E-state index >= 15 is 0 Å². The molecule has 2 N–H and O–H groups in total. The number of rotatable bonds is 9. The van der Waals surface area contributed by atoms with Crippen molar-refractivity contribution in [3.8, 4) is 5.75 Å². The van der Waals surface area contributed by atoms with Crippen LogP contribution < -0.4 is 15.4 Å². The molecule has 0 saturated carbocycles. The number of ether oxygens (including phenoxy) is 1. The van der Waals surface area contributed by atoms with Crippen molar-refractivity contribution in [2.45, 2.75) is 31.6 Å². The molecular formula is C22H24ClN5O3S. The average Bonchev–Trinajstić information content (AvgIpc) is 3.22. The fourth-order valence-electron chi connectivity index (χ4n) is 3.07. The predicted molar refractivity (Wildman–Crippen MR) is 125 cm³/mol. The van der Waals surface area contributed by atoms with Gasteiger partial charge in [0.15, 0.2) is 11.0 Å². The van der Waals surface area contributed by atoms with E-state index in [1.807, 2.05) is 18.4 Å². The lowest BCUT2D eigenvalue weighted by atomic mass is 10.1. The molecule has 0 spiro atoms. The van der Waals surface area contributed by atoms with Gasteiger partial charge >= 0.3 is 0 Å². The molecule has 168 valence electrons. The number of methoxy groups -OCH3 is 1. The molecule has 1 aromatic heterocycles. The van der Waals surface area contributed by atoms with E-state index in [-0.39, 0.29) is 17.6 Å². The summed E-state index contributed by atoms with van der Waals surface area (Å²) in [4.78, 5) is 25.0. The largest absolute Gasteiger partial charge is 0.496 e. The summed E-state index contributed by atoms with van der Waals surface area (Å²) in [6.07, 6.45) is 0. The van der Waals surface area contributed by atoms with Crippen LogP contribution in [-0.4, -0.2) is 39.4 Å². The van der Waals surface area contributed by atoms with Crippen LogP contribution in [0.4, 0.5) is 5.69 Å². The molecule has 0 aliphatic heterocycles. The lowest BCUT2D eigenvalue weighted by molar-refractivity contribution is -0.113. The summed E-state index contributed by atoms with van der Waals surface area (Å²) < 4.78 is 7.14. The van der Waals surface area contributed by atoms with Crippen molar-refractivity contribution in [3.05, 3.63) is 64.9 Å². The van der Waals surface area contributed by atoms with Crippen LogP contribution >= 0.6 is 23.4 Å². The molecule has 3 aromatic rings. The fourth-order valence-corrected chi connectivity index (χ4v) is 4.07. The number of amides is 2. The second-order valence-corrected chi connectivity index (χ2v) is 8.15. The van der Waals surface area contributed by atoms with E-state index in [2.05, 4.69) is 20.8 Å². The second-order valence-electron chi connectivity index (χ2n) is 6.80. The number of hydrogen-bond acceptors (Lipinski definition) is 6. The van der Waals surface area contributed by atoms with Gasteiger partial charge in [-0.1, -0.05) is 47.6 Å². The van der Waals surface area contributed by atoms with Gasteiger partial charge in [0.2, 0.25) is 5.91 Å². The highest BCUT2D eigenvalue weighted by Gasteiger charge is 2.21. The highest BCUT2D eigenvalue weighted by Crippen LogP contribution is 2.24. The van der Waals surface area contributed by atoms with Gasteiger partial charge in [0.25, 0.3) is 5.91 Å². The Morgan fingerprint density at radius 2 is 1.88 bits per heavy atom. The van der Waals surface area contributed by atoms with Crippen molar-refractivity contribution < 1.29 is 14.3 Å². The molecule has 1 heterocycles. The zero-order valence-electron chi connectivity index (χ0n) is 18.0. The quantitative estimate of drug-likeness (QED) is 0.452. The van der Waals surface area contributed by atoms with Crippen molar-refractivity contribution >= 4 is 40.9 Å². The maximum absolute atomic E-state index is 12.7. The first-order valence-corrected chi connectivity index (χ1v) is 11.3. The number of nitrogens with one attached hydrogen (secondary N) is 2. The first kappa shape index (κ1) is 23.6. The van der Waals surface area contributed by atoms with Crippen LogP contribution in [0.1, 0.15) is 36.1 Å². The summed E-state index contributed by atoms with van der Waals surface area (Å²) in [6, 6.07) is 13.7. The molecule has 3 rings (SSSR count). The molecule has 0 bridgehead atoms. The standard InChI is InChI=1S/C22H24ClN5O3S/c1-4-28-20(14(2)24-21(30)15-9-5-8-12-18(15)31-3)26-27-22(28)32-13-19(29)25-17-11-7-6-10-16(17)23/h5-12,14H,4,13H2,1-3H3,(H,24,30)(H,25,29). The zero-order chi connectivity index (χ0) is 23.1. The maximum atomic E-state index is 12.7. The molecule has 0 radical (unpaired) electrons. The number of para-hydroxylation sites is 2. The topological polar surface area (TPSA) is 98.1 Å². The van der Waals surface area contributed by atoms with Crippen LogP contribution in [0, 0.1) is 0 Å². The summed E-state index contributed by atoms with van der Waals surface area (Å²) in [5.74, 6) is 0.770. The molecule has 0 aliphatic carbocycles. The first-order chi connectivity index (χ1) is 15.4. The van der Waals surface area contributed by atoms with Crippen molar-refractivity contribution in [2.75, 3.05) is 18.2 Å². The van der Waals surface area contributed by atoms with Crippen LogP contribution in [-0.2, 0) is 11.3 Å². The monoisotopic (exact) mass is 473 g/mol. The van der Waals surface area contributed by atoms with Gasteiger partial charge in [0.1, 0.15) is 5.75 Å². The summed E-state index contributed by atoms with van der Waals surface area (Å²) in [5, 5.41) is 15.2. The minimum atomic E-state index is -0.397. The number of aromatic nitrogens is 3. The zero-order valence-corrected chi connectivity index (χ0v) is 19.5. The number of nitrogens with zero attached hydrogens (tertiary/aromatic N) is 3. The third kappa shape index (κ3) is 5.60. The lowest BCUT2D eigenvalue weighted by Crippen LogP contribution is -2.29. The van der Waals surface area contributed by atoms with E-state index in [1.54, 1.807) is 48.5 Å². The van der Waals surface area contributed by atoms with Gasteiger partial charge in [-0.3, -0.25) is 9.59 Å². The summed E-state index contributed by atoms with van der Waals surface area (Å²) in [7, 11) is 1.52. The molecule has 0 saturated heterocycles. The van der Waals surface area contributed by atoms with Gasteiger partial charge in [-0.05, 0) is 38.1 Å². The number of carbonyl (C=O) groups is 2. The Morgan fingerprint density at radius 1 is 1.16 bits per heavy atom. The maximum Gasteiger partial charge on any atom is 0.255 e. The fraction of sp³-hybridized carbons (Fsp3) is 0.273. The Bertz CT molecular complexity index is 1100. The van der Waals surface area contributed by atoms with Crippen LogP contribution in [0.15, 0.2) is 53.7 Å². The molecular weight excluding hydrogens is 450 g/mol. The van der Waals surface area contributed by atoms with Gasteiger partial charge in [-0.15, -0.1) is 10.2 Å². The van der Waals surface area contributed by atoms with E-state index < -0.39 is 6.04 Å². The number of carbonyl (C=O) groups excluding carboxylic acids is 2. The van der Waals surface area contributed by atoms with Crippen molar-refractivity contribution in [3.63, 3.8) is 0 Å². The van der Waals surface area contributed by atoms with Crippen LogP contribution in [0.2, 0.25) is 5.02 Å². The van der Waals surface area contributed by atoms with Crippen molar-refractivity contribution in [2.24, 2.45) is 0 Å². The summed E-state index contributed by atoms with van der Waals surface area (Å²) in [6.45, 7) is 4.38. The van der Waals surface area contributed by atoms with Gasteiger partial charge in [0.05, 0.1) is 35.2 Å². The highest BCUT2D eigenvalue weighted by molar-refractivity contribution is 7.99. The first-order valence-electron chi connectivity index (χ1n) is 9.98. The Labute approximate surface area is 195 Å². The van der Waals surface area contributed by atoms with E-state index in [0.29, 0.717) is 39.5 Å². The van der Waals surface area contributed by atoms with Crippen LogP contribution in [0.3, 0.4) is 0 Å². The molecule has 1 unspecified atom stereocenters. The highest BCUT2D eigenvalue weighted by atomic mass is 35.5. The Hall–Kier alpha value is -3.04. The van der Waals surface area contributed by atoms with E-state index in [9.17, 15) is 9.59 Å². The second kappa shape index (κ2) is 11.0. The van der Waals surface area contributed by atoms with E-state index in [1.165, 1.54) is 18.9 Å². The molecule has 0 aliphatic rings. The third-order valence-corrected chi connectivity index (χ3v) is 5.92. The molecule has 0 fully saturated rings. The van der Waals surface area contributed by atoms with E-state index in [4.69, 9.17) is 16.3 Å². The number of thioether (sulfide) groups is 1. The Kier molecular flexibility index (Phi) is 8.13. The minimum Gasteiger partial charge on any atom is -0.496 e. The van der Waals surface area contributed by atoms with Gasteiger partial charge in [-0.2, -0.15) is 0 Å². The van der Waals surface area contributed by atoms with Gasteiger partial charge in [0, 0.05) is 6.54 Å². The van der Waals surface area contributed by atoms with Crippen molar-refractivity contribution in [1.82, 2.24) is 20.1 Å². The predicted octanol–water partition coefficient (Wildman–Crippen LogP) is 4.18. The number of hydrogen-bond donors (Lipinski definition) is 2. The number of halogens is 1. The number of anilines is 1. The Morgan fingerprint density at radius 3 is 2.59 bits per heavy atom. The molecule has 2 amide bonds. The summed E-state index contributed by atoms with van der Waals surface area (Å²) >= 11 is 7.35. The molecule has 32 heavy (non-hydrogen) atoms. The normalized spacial score (nSPS) is 11.6. The average molecular weight is 474 g/mol. The SMILES string of the molecule is CCn1c(SCC(=O)Nc2ccccc2Cl)nnc1C(C)NC(=O)c1ccccc1OC. The molecule has 8 nitrogen and oxygen atoms in total. The van der Waals surface area contributed by atoms with Crippen LogP contribution in [0.5, 0.6) is 5.75 Å². The minimum absolute atomic E-state index is 0.144. The molecule has 1 atom stereocenters. The van der Waals surface area contributed by atoms with Crippen molar-refractivity contribution in [1.29, 1.82) is 0 Å². The van der Waals surface area contributed by atoms with Gasteiger partial charge in [-0.25, -0.2) is 0 Å². The number of benzene rings is 2. The third-order valence-electron chi connectivity index (χ3n) is 4.63. The van der Waals surface area contributed by atoms with E-state index in [0.717, 1.165) is 0 Å².